The Hall–Kier alpha value is -3.39. The van der Waals surface area contributed by atoms with Crippen molar-refractivity contribution in [2.45, 2.75) is 32.9 Å². The standard InChI is InChI=1S/C24H28N4O3S/c1-4-17(2)25-22(29)15-28(14-18-10-6-5-7-11-18)23(30)20-16-32-24(27-20)26-19-12-8-9-13-21(19)31-3/h5-13,16-17H,4,14-15H2,1-3H3,(H,25,29)(H,26,27)/t17-/m0/s1. The van der Waals surface area contributed by atoms with E-state index in [1.54, 1.807) is 12.5 Å². The van der Waals surface area contributed by atoms with Gasteiger partial charge in [-0.15, -0.1) is 11.3 Å². The number of aromatic nitrogens is 1. The van der Waals surface area contributed by atoms with E-state index in [0.29, 0.717) is 23.1 Å². The highest BCUT2D eigenvalue weighted by Crippen LogP contribution is 2.29. The van der Waals surface area contributed by atoms with Gasteiger partial charge in [0.15, 0.2) is 5.13 Å². The molecule has 3 rings (SSSR count). The molecule has 1 heterocycles. The SMILES string of the molecule is CC[C@H](C)NC(=O)CN(Cc1ccccc1)C(=O)c1csc(Nc2ccccc2OC)n1. The summed E-state index contributed by atoms with van der Waals surface area (Å²) in [6, 6.07) is 17.2. The topological polar surface area (TPSA) is 83.6 Å². The number of rotatable bonds is 10. The number of nitrogens with one attached hydrogen (secondary N) is 2. The normalized spacial score (nSPS) is 11.5. The molecule has 0 radical (unpaired) electrons. The number of anilines is 2. The van der Waals surface area contributed by atoms with E-state index in [1.165, 1.54) is 16.2 Å². The minimum atomic E-state index is -0.294. The fourth-order valence-corrected chi connectivity index (χ4v) is 3.75. The number of para-hydroxylation sites is 2. The van der Waals surface area contributed by atoms with Gasteiger partial charge in [-0.25, -0.2) is 4.98 Å². The van der Waals surface area contributed by atoms with Crippen molar-refractivity contribution in [3.8, 4) is 5.75 Å². The van der Waals surface area contributed by atoms with Crippen LogP contribution in [0.3, 0.4) is 0 Å². The fraction of sp³-hybridized carbons (Fsp3) is 0.292. The van der Waals surface area contributed by atoms with Gasteiger partial charge in [-0.1, -0.05) is 49.4 Å². The van der Waals surface area contributed by atoms with Gasteiger partial charge in [0.25, 0.3) is 5.91 Å². The van der Waals surface area contributed by atoms with E-state index in [9.17, 15) is 9.59 Å². The van der Waals surface area contributed by atoms with E-state index in [-0.39, 0.29) is 24.4 Å². The second-order valence-electron chi connectivity index (χ2n) is 7.39. The van der Waals surface area contributed by atoms with Gasteiger partial charge in [-0.05, 0) is 31.0 Å². The van der Waals surface area contributed by atoms with Crippen molar-refractivity contribution >= 4 is 34.0 Å². The molecule has 1 atom stereocenters. The van der Waals surface area contributed by atoms with Crippen LogP contribution in [-0.4, -0.2) is 41.4 Å². The molecule has 2 N–H and O–H groups in total. The molecular formula is C24H28N4O3S. The highest BCUT2D eigenvalue weighted by molar-refractivity contribution is 7.14. The predicted octanol–water partition coefficient (Wildman–Crippen LogP) is 4.45. The first-order chi connectivity index (χ1) is 15.5. The number of benzene rings is 2. The van der Waals surface area contributed by atoms with Crippen molar-refractivity contribution in [3.05, 3.63) is 71.2 Å². The third-order valence-electron chi connectivity index (χ3n) is 4.93. The molecule has 0 aliphatic heterocycles. The Morgan fingerprint density at radius 1 is 1.12 bits per heavy atom. The molecule has 0 saturated heterocycles. The number of ether oxygens (including phenoxy) is 1. The van der Waals surface area contributed by atoms with Crippen LogP contribution in [0.1, 0.15) is 36.3 Å². The Bertz CT molecular complexity index is 1040. The molecule has 0 bridgehead atoms. The van der Waals surface area contributed by atoms with Gasteiger partial charge in [0.05, 0.1) is 12.8 Å². The summed E-state index contributed by atoms with van der Waals surface area (Å²) in [7, 11) is 1.60. The summed E-state index contributed by atoms with van der Waals surface area (Å²) >= 11 is 1.32. The number of carbonyl (C=O) groups excluding carboxylic acids is 2. The monoisotopic (exact) mass is 452 g/mol. The van der Waals surface area contributed by atoms with E-state index in [0.717, 1.165) is 17.7 Å². The van der Waals surface area contributed by atoms with Crippen LogP contribution in [0.5, 0.6) is 5.75 Å². The highest BCUT2D eigenvalue weighted by atomic mass is 32.1. The highest BCUT2D eigenvalue weighted by Gasteiger charge is 2.22. The average molecular weight is 453 g/mol. The van der Waals surface area contributed by atoms with Gasteiger partial charge in [0.1, 0.15) is 18.0 Å². The summed E-state index contributed by atoms with van der Waals surface area (Å²) in [5.41, 5.74) is 2.00. The number of hydrogen-bond donors (Lipinski definition) is 2. The summed E-state index contributed by atoms with van der Waals surface area (Å²) in [5, 5.41) is 8.39. The number of carbonyl (C=O) groups is 2. The summed E-state index contributed by atoms with van der Waals surface area (Å²) < 4.78 is 5.36. The summed E-state index contributed by atoms with van der Waals surface area (Å²) in [6.45, 7) is 4.23. The van der Waals surface area contributed by atoms with Crippen molar-refractivity contribution in [1.82, 2.24) is 15.2 Å². The average Bonchev–Trinajstić information content (AvgIpc) is 3.27. The van der Waals surface area contributed by atoms with Crippen LogP contribution < -0.4 is 15.4 Å². The lowest BCUT2D eigenvalue weighted by atomic mass is 10.2. The van der Waals surface area contributed by atoms with Crippen molar-refractivity contribution in [3.63, 3.8) is 0 Å². The van der Waals surface area contributed by atoms with Gasteiger partial charge in [0, 0.05) is 18.0 Å². The molecule has 8 heteroatoms. The number of methoxy groups -OCH3 is 1. The Labute approximate surface area is 192 Å². The molecule has 2 aromatic carbocycles. The largest absolute Gasteiger partial charge is 0.495 e. The zero-order valence-electron chi connectivity index (χ0n) is 18.5. The molecule has 168 valence electrons. The predicted molar refractivity (Wildman–Crippen MR) is 127 cm³/mol. The van der Waals surface area contributed by atoms with E-state index in [1.807, 2.05) is 68.4 Å². The number of hydrogen-bond acceptors (Lipinski definition) is 6. The number of amides is 2. The summed E-state index contributed by atoms with van der Waals surface area (Å²) in [6.07, 6.45) is 0.822. The molecule has 2 amide bonds. The van der Waals surface area contributed by atoms with E-state index < -0.39 is 0 Å². The van der Waals surface area contributed by atoms with Gasteiger partial charge < -0.3 is 20.3 Å². The van der Waals surface area contributed by atoms with Crippen LogP contribution in [0.25, 0.3) is 0 Å². The zero-order chi connectivity index (χ0) is 22.9. The van der Waals surface area contributed by atoms with Crippen molar-refractivity contribution in [2.75, 3.05) is 19.0 Å². The molecule has 3 aromatic rings. The quantitative estimate of drug-likeness (QED) is 0.475. The third kappa shape index (κ3) is 6.31. The first-order valence-electron chi connectivity index (χ1n) is 10.5. The first kappa shape index (κ1) is 23.3. The first-order valence-corrected chi connectivity index (χ1v) is 11.4. The van der Waals surface area contributed by atoms with Gasteiger partial charge in [0.2, 0.25) is 5.91 Å². The Morgan fingerprint density at radius 3 is 2.56 bits per heavy atom. The molecule has 7 nitrogen and oxygen atoms in total. The van der Waals surface area contributed by atoms with Crippen molar-refractivity contribution in [2.24, 2.45) is 0 Å². The molecule has 0 fully saturated rings. The maximum atomic E-state index is 13.3. The number of thiazole rings is 1. The molecule has 0 unspecified atom stereocenters. The summed E-state index contributed by atoms with van der Waals surface area (Å²) in [4.78, 5) is 31.8. The van der Waals surface area contributed by atoms with E-state index in [2.05, 4.69) is 15.6 Å². The van der Waals surface area contributed by atoms with E-state index >= 15 is 0 Å². The van der Waals surface area contributed by atoms with Gasteiger partial charge in [-0.2, -0.15) is 0 Å². The molecule has 0 aliphatic rings. The fourth-order valence-electron chi connectivity index (χ4n) is 3.05. The Balaban J connectivity index is 1.77. The molecule has 0 aliphatic carbocycles. The third-order valence-corrected chi connectivity index (χ3v) is 5.69. The molecular weight excluding hydrogens is 424 g/mol. The minimum absolute atomic E-state index is 0.0368. The lowest BCUT2D eigenvalue weighted by Gasteiger charge is -2.22. The second kappa shape index (κ2) is 11.3. The Morgan fingerprint density at radius 2 is 1.84 bits per heavy atom. The van der Waals surface area contributed by atoms with Crippen LogP contribution in [0.15, 0.2) is 60.0 Å². The molecule has 0 spiro atoms. The van der Waals surface area contributed by atoms with Crippen LogP contribution in [0, 0.1) is 0 Å². The van der Waals surface area contributed by atoms with Crippen LogP contribution >= 0.6 is 11.3 Å². The van der Waals surface area contributed by atoms with Gasteiger partial charge >= 0.3 is 0 Å². The van der Waals surface area contributed by atoms with Crippen LogP contribution in [0.2, 0.25) is 0 Å². The number of nitrogens with zero attached hydrogens (tertiary/aromatic N) is 2. The van der Waals surface area contributed by atoms with Gasteiger partial charge in [-0.3, -0.25) is 9.59 Å². The minimum Gasteiger partial charge on any atom is -0.495 e. The second-order valence-corrected chi connectivity index (χ2v) is 8.24. The maximum Gasteiger partial charge on any atom is 0.274 e. The smallest absolute Gasteiger partial charge is 0.274 e. The zero-order valence-corrected chi connectivity index (χ0v) is 19.3. The molecule has 32 heavy (non-hydrogen) atoms. The molecule has 1 aromatic heterocycles. The molecule has 0 saturated carbocycles. The lowest BCUT2D eigenvalue weighted by molar-refractivity contribution is -0.122. The summed E-state index contributed by atoms with van der Waals surface area (Å²) in [5.74, 6) is 0.201. The lowest BCUT2D eigenvalue weighted by Crippen LogP contribution is -2.43. The van der Waals surface area contributed by atoms with Crippen LogP contribution in [-0.2, 0) is 11.3 Å². The van der Waals surface area contributed by atoms with Crippen LogP contribution in [0.4, 0.5) is 10.8 Å². The maximum absolute atomic E-state index is 13.3. The van der Waals surface area contributed by atoms with Crippen molar-refractivity contribution in [1.29, 1.82) is 0 Å². The Kier molecular flexibility index (Phi) is 8.21. The van der Waals surface area contributed by atoms with Crippen molar-refractivity contribution < 1.29 is 14.3 Å². The van der Waals surface area contributed by atoms with E-state index in [4.69, 9.17) is 4.74 Å².